The molecule has 2 aromatic carbocycles. The molecule has 2 heterocycles. The van der Waals surface area contributed by atoms with Crippen LogP contribution in [0.5, 0.6) is 5.75 Å². The smallest absolute Gasteiger partial charge is 0.125 e. The molecule has 1 aromatic heterocycles. The molecule has 0 bridgehead atoms. The van der Waals surface area contributed by atoms with Gasteiger partial charge >= 0.3 is 0 Å². The lowest BCUT2D eigenvalue weighted by Gasteiger charge is -2.40. The summed E-state index contributed by atoms with van der Waals surface area (Å²) in [5.74, 6) is 6.33. The molecule has 5 nitrogen and oxygen atoms in total. The van der Waals surface area contributed by atoms with Gasteiger partial charge in [-0.25, -0.2) is 4.39 Å². The van der Waals surface area contributed by atoms with Crippen molar-refractivity contribution in [3.05, 3.63) is 69.6 Å². The number of hydrogen-bond acceptors (Lipinski definition) is 5. The number of likely N-dealkylation sites (tertiary alicyclic amines) is 1. The summed E-state index contributed by atoms with van der Waals surface area (Å²) in [6, 6.07) is 9.77. The number of aliphatic hydroxyl groups is 2. The first-order chi connectivity index (χ1) is 17.3. The summed E-state index contributed by atoms with van der Waals surface area (Å²) in [5, 5.41) is 22.9. The van der Waals surface area contributed by atoms with E-state index in [0.29, 0.717) is 46.3 Å². The molecule has 0 amide bonds. The van der Waals surface area contributed by atoms with E-state index in [2.05, 4.69) is 21.7 Å². The van der Waals surface area contributed by atoms with Crippen molar-refractivity contribution in [3.8, 4) is 17.6 Å². The molecule has 190 valence electrons. The van der Waals surface area contributed by atoms with Gasteiger partial charge < -0.3 is 14.9 Å². The number of fused-ring (bicyclic) bond motifs is 1. The number of piperidine rings is 1. The molecule has 0 aliphatic carbocycles. The molecule has 8 heteroatoms. The molecule has 1 atom stereocenters. The lowest BCUT2D eigenvalue weighted by Crippen LogP contribution is -2.42. The average molecular weight is 531 g/mol. The van der Waals surface area contributed by atoms with Gasteiger partial charge in [-0.3, -0.25) is 9.88 Å². The van der Waals surface area contributed by atoms with Crippen LogP contribution in [0.25, 0.3) is 10.9 Å². The van der Waals surface area contributed by atoms with E-state index in [1.54, 1.807) is 19.4 Å². The molecular weight excluding hydrogens is 502 g/mol. The number of rotatable bonds is 7. The maximum absolute atomic E-state index is 13.5. The number of halogens is 3. The van der Waals surface area contributed by atoms with Crippen molar-refractivity contribution >= 4 is 34.1 Å². The Morgan fingerprint density at radius 1 is 1.19 bits per heavy atom. The van der Waals surface area contributed by atoms with Crippen molar-refractivity contribution in [2.75, 3.05) is 33.4 Å². The van der Waals surface area contributed by atoms with Crippen LogP contribution in [0, 0.1) is 23.1 Å². The van der Waals surface area contributed by atoms with Crippen LogP contribution in [0.1, 0.15) is 42.9 Å². The van der Waals surface area contributed by atoms with Crippen molar-refractivity contribution in [3.63, 3.8) is 0 Å². The molecule has 36 heavy (non-hydrogen) atoms. The highest BCUT2D eigenvalue weighted by Crippen LogP contribution is 2.40. The predicted molar refractivity (Wildman–Crippen MR) is 141 cm³/mol. The number of aliphatic hydroxyl groups excluding tert-OH is 2. The van der Waals surface area contributed by atoms with E-state index in [0.717, 1.165) is 36.8 Å². The Morgan fingerprint density at radius 3 is 2.67 bits per heavy atom. The highest BCUT2D eigenvalue weighted by molar-refractivity contribution is 6.32. The second kappa shape index (κ2) is 11.8. The van der Waals surface area contributed by atoms with Gasteiger partial charge in [0.1, 0.15) is 11.6 Å². The van der Waals surface area contributed by atoms with Gasteiger partial charge in [0.25, 0.3) is 0 Å². The molecular formula is C28H29Cl2FN2O3. The van der Waals surface area contributed by atoms with Crippen molar-refractivity contribution in [1.29, 1.82) is 0 Å². The Morgan fingerprint density at radius 2 is 1.97 bits per heavy atom. The first-order valence-corrected chi connectivity index (χ1v) is 12.7. The van der Waals surface area contributed by atoms with Crippen LogP contribution < -0.4 is 4.74 Å². The second-order valence-corrected chi connectivity index (χ2v) is 10.2. The number of aromatic nitrogens is 1. The molecule has 0 spiro atoms. The zero-order valence-corrected chi connectivity index (χ0v) is 21.6. The molecule has 1 aliphatic heterocycles. The molecule has 2 N–H and O–H groups in total. The van der Waals surface area contributed by atoms with Crippen molar-refractivity contribution in [1.82, 2.24) is 9.88 Å². The van der Waals surface area contributed by atoms with E-state index in [1.807, 2.05) is 18.2 Å². The van der Waals surface area contributed by atoms with Crippen LogP contribution >= 0.6 is 23.2 Å². The summed E-state index contributed by atoms with van der Waals surface area (Å²) in [6.07, 6.45) is 3.49. The fourth-order valence-corrected chi connectivity index (χ4v) is 5.27. The number of methoxy groups -OCH3 is 1. The summed E-state index contributed by atoms with van der Waals surface area (Å²) < 4.78 is 18.8. The Bertz CT molecular complexity index is 1260. The molecule has 4 rings (SSSR count). The third kappa shape index (κ3) is 6.29. The average Bonchev–Trinajstić information content (AvgIpc) is 2.87. The zero-order chi connectivity index (χ0) is 25.7. The molecule has 0 radical (unpaired) electrons. The predicted octanol–water partition coefficient (Wildman–Crippen LogP) is 5.63. The van der Waals surface area contributed by atoms with Crippen LogP contribution in [-0.2, 0) is 0 Å². The maximum Gasteiger partial charge on any atom is 0.125 e. The summed E-state index contributed by atoms with van der Waals surface area (Å²) in [6.45, 7) is 2.18. The minimum absolute atomic E-state index is 0.0552. The van der Waals surface area contributed by atoms with Crippen molar-refractivity contribution in [2.24, 2.45) is 5.41 Å². The van der Waals surface area contributed by atoms with Gasteiger partial charge in [-0.2, -0.15) is 0 Å². The first kappa shape index (κ1) is 26.7. The highest BCUT2D eigenvalue weighted by atomic mass is 35.5. The Hall–Kier alpha value is -2.40. The normalized spacial score (nSPS) is 16.4. The van der Waals surface area contributed by atoms with E-state index in [9.17, 15) is 14.6 Å². The van der Waals surface area contributed by atoms with Gasteiger partial charge in [-0.15, -0.1) is 0 Å². The lowest BCUT2D eigenvalue weighted by molar-refractivity contribution is 0.0273. The molecule has 1 saturated heterocycles. The van der Waals surface area contributed by atoms with Gasteiger partial charge in [0.2, 0.25) is 0 Å². The summed E-state index contributed by atoms with van der Waals surface area (Å²) >= 11 is 12.3. The number of benzene rings is 2. The molecule has 1 aliphatic rings. The van der Waals surface area contributed by atoms with Crippen molar-refractivity contribution in [2.45, 2.75) is 31.8 Å². The van der Waals surface area contributed by atoms with Crippen LogP contribution in [-0.4, -0.2) is 53.4 Å². The standard InChI is InChI=1S/C28H29Cl2FN2O3/c1-36-22-4-5-25-23(16-22)27(24(30)17-32-25)26(35)6-7-28(18-34)8-11-33(12-9-28)10-2-3-19-13-20(29)15-21(31)14-19/h4-5,13-17,26,34-35H,6-12,18H2,1H3. The first-order valence-electron chi connectivity index (χ1n) is 11.9. The van der Waals surface area contributed by atoms with E-state index >= 15 is 0 Å². The monoisotopic (exact) mass is 530 g/mol. The minimum Gasteiger partial charge on any atom is -0.497 e. The maximum atomic E-state index is 13.5. The fraction of sp³-hybridized carbons (Fsp3) is 0.393. The Kier molecular flexibility index (Phi) is 8.71. The Labute approximate surface area is 220 Å². The van der Waals surface area contributed by atoms with Gasteiger partial charge in [0.15, 0.2) is 0 Å². The fourth-order valence-electron chi connectivity index (χ4n) is 4.77. The topological polar surface area (TPSA) is 65.8 Å². The SMILES string of the molecule is COc1ccc2ncc(Cl)c(C(O)CCC3(CO)CCN(CC#Cc4cc(F)cc(Cl)c4)CC3)c2c1. The van der Waals surface area contributed by atoms with Gasteiger partial charge in [-0.05, 0) is 80.6 Å². The molecule has 3 aromatic rings. The van der Waals surface area contributed by atoms with Gasteiger partial charge in [0, 0.05) is 34.3 Å². The summed E-state index contributed by atoms with van der Waals surface area (Å²) in [4.78, 5) is 6.58. The largest absolute Gasteiger partial charge is 0.497 e. The molecule has 1 fully saturated rings. The van der Waals surface area contributed by atoms with Crippen LogP contribution in [0.3, 0.4) is 0 Å². The Balaban J connectivity index is 1.38. The van der Waals surface area contributed by atoms with Gasteiger partial charge in [0.05, 0.1) is 30.3 Å². The number of hydrogen-bond donors (Lipinski definition) is 2. The lowest BCUT2D eigenvalue weighted by atomic mass is 9.74. The zero-order valence-electron chi connectivity index (χ0n) is 20.1. The third-order valence-corrected chi connectivity index (χ3v) is 7.52. The number of nitrogens with zero attached hydrogens (tertiary/aromatic N) is 2. The third-order valence-electron chi connectivity index (χ3n) is 7.00. The number of ether oxygens (including phenoxy) is 1. The number of pyridine rings is 1. The van der Waals surface area contributed by atoms with Gasteiger partial charge in [-0.1, -0.05) is 35.0 Å². The summed E-state index contributed by atoms with van der Waals surface area (Å²) in [7, 11) is 1.59. The quantitative estimate of drug-likeness (QED) is 0.387. The minimum atomic E-state index is -0.791. The molecule has 0 saturated carbocycles. The highest BCUT2D eigenvalue weighted by Gasteiger charge is 2.34. The second-order valence-electron chi connectivity index (χ2n) is 9.35. The van der Waals surface area contributed by atoms with E-state index in [4.69, 9.17) is 27.9 Å². The van der Waals surface area contributed by atoms with E-state index in [-0.39, 0.29) is 12.0 Å². The van der Waals surface area contributed by atoms with Crippen molar-refractivity contribution < 1.29 is 19.3 Å². The van der Waals surface area contributed by atoms with Crippen LogP contribution in [0.4, 0.5) is 4.39 Å². The van der Waals surface area contributed by atoms with E-state index in [1.165, 1.54) is 12.1 Å². The molecule has 1 unspecified atom stereocenters. The van der Waals surface area contributed by atoms with E-state index < -0.39 is 11.9 Å². The van der Waals surface area contributed by atoms with Crippen LogP contribution in [0.15, 0.2) is 42.6 Å². The van der Waals surface area contributed by atoms with Crippen LogP contribution in [0.2, 0.25) is 10.0 Å². The summed E-state index contributed by atoms with van der Waals surface area (Å²) in [5.41, 5.74) is 1.66.